The summed E-state index contributed by atoms with van der Waals surface area (Å²) in [6, 6.07) is 0.675. The molecule has 2 unspecified atom stereocenters. The average Bonchev–Trinajstić information content (AvgIpc) is 2.02. The van der Waals surface area contributed by atoms with Crippen LogP contribution in [0.3, 0.4) is 0 Å². The van der Waals surface area contributed by atoms with Crippen molar-refractivity contribution in [1.82, 2.24) is 10.6 Å². The van der Waals surface area contributed by atoms with Gasteiger partial charge in [0, 0.05) is 6.04 Å². The highest BCUT2D eigenvalue weighted by atomic mass is 14.9. The summed E-state index contributed by atoms with van der Waals surface area (Å²) in [4.78, 5) is 0. The molecule has 0 aromatic rings. The quantitative estimate of drug-likeness (QED) is 0.610. The van der Waals surface area contributed by atoms with Gasteiger partial charge >= 0.3 is 0 Å². The van der Waals surface area contributed by atoms with Gasteiger partial charge in [-0.25, -0.2) is 0 Å². The molecule has 74 valence electrons. The molecule has 0 saturated heterocycles. The minimum Gasteiger partial charge on any atom is -0.319 e. The Balaban J connectivity index is 3.27. The summed E-state index contributed by atoms with van der Waals surface area (Å²) in [5, 5.41) is 6.71. The van der Waals surface area contributed by atoms with Gasteiger partial charge in [-0.05, 0) is 39.4 Å². The summed E-state index contributed by atoms with van der Waals surface area (Å²) in [6.07, 6.45) is 2.56. The predicted octanol–water partition coefficient (Wildman–Crippen LogP) is 1.62. The molecule has 0 rings (SSSR count). The zero-order valence-electron chi connectivity index (χ0n) is 8.98. The van der Waals surface area contributed by atoms with Crippen LogP contribution in [0.25, 0.3) is 0 Å². The van der Waals surface area contributed by atoms with Crippen molar-refractivity contribution in [3.8, 4) is 0 Å². The van der Waals surface area contributed by atoms with Gasteiger partial charge in [0.1, 0.15) is 0 Å². The average molecular weight is 172 g/mol. The van der Waals surface area contributed by atoms with E-state index in [4.69, 9.17) is 0 Å². The number of rotatable bonds is 7. The predicted molar refractivity (Wildman–Crippen MR) is 55.5 cm³/mol. The van der Waals surface area contributed by atoms with Gasteiger partial charge in [0.15, 0.2) is 0 Å². The van der Waals surface area contributed by atoms with Gasteiger partial charge in [0.2, 0.25) is 0 Å². The topological polar surface area (TPSA) is 24.1 Å². The number of nitrogens with one attached hydrogen (secondary N) is 2. The molecule has 0 fully saturated rings. The van der Waals surface area contributed by atoms with Crippen LogP contribution in [-0.4, -0.2) is 26.2 Å². The molecular weight excluding hydrogens is 148 g/mol. The summed E-state index contributed by atoms with van der Waals surface area (Å²) in [5.74, 6) is 0.731. The van der Waals surface area contributed by atoms with E-state index in [1.165, 1.54) is 12.8 Å². The van der Waals surface area contributed by atoms with Gasteiger partial charge in [0.05, 0.1) is 0 Å². The largest absolute Gasteiger partial charge is 0.319 e. The molecule has 0 amide bonds. The van der Waals surface area contributed by atoms with Crippen LogP contribution in [0.1, 0.15) is 33.6 Å². The SMILES string of the molecule is CCCC(C)NCC(C)CNC. The third kappa shape index (κ3) is 6.62. The fourth-order valence-corrected chi connectivity index (χ4v) is 1.36. The van der Waals surface area contributed by atoms with E-state index in [1.54, 1.807) is 0 Å². The Morgan fingerprint density at radius 3 is 2.33 bits per heavy atom. The first kappa shape index (κ1) is 11.9. The van der Waals surface area contributed by atoms with Crippen molar-refractivity contribution in [3.63, 3.8) is 0 Å². The highest BCUT2D eigenvalue weighted by Gasteiger charge is 2.03. The Hall–Kier alpha value is -0.0800. The molecule has 0 radical (unpaired) electrons. The summed E-state index contributed by atoms with van der Waals surface area (Å²) in [6.45, 7) is 8.99. The summed E-state index contributed by atoms with van der Waals surface area (Å²) in [7, 11) is 2.01. The fourth-order valence-electron chi connectivity index (χ4n) is 1.36. The van der Waals surface area contributed by atoms with Crippen LogP contribution in [0, 0.1) is 5.92 Å². The van der Waals surface area contributed by atoms with Gasteiger partial charge in [0.25, 0.3) is 0 Å². The minimum atomic E-state index is 0.675. The Morgan fingerprint density at radius 1 is 1.17 bits per heavy atom. The molecule has 0 saturated carbocycles. The molecule has 2 heteroatoms. The maximum Gasteiger partial charge on any atom is 0.00387 e. The van der Waals surface area contributed by atoms with E-state index >= 15 is 0 Å². The molecule has 0 aromatic carbocycles. The molecule has 12 heavy (non-hydrogen) atoms. The molecule has 0 spiro atoms. The molecule has 0 bridgehead atoms. The number of hydrogen-bond acceptors (Lipinski definition) is 2. The molecule has 2 N–H and O–H groups in total. The number of hydrogen-bond donors (Lipinski definition) is 2. The standard InChI is InChI=1S/C10H24N2/c1-5-6-10(3)12-8-9(2)7-11-4/h9-12H,5-8H2,1-4H3. The van der Waals surface area contributed by atoms with Crippen molar-refractivity contribution >= 4 is 0 Å². The molecule has 0 aliphatic rings. The lowest BCUT2D eigenvalue weighted by Crippen LogP contribution is -2.33. The van der Waals surface area contributed by atoms with Crippen molar-refractivity contribution in [3.05, 3.63) is 0 Å². The summed E-state index contributed by atoms with van der Waals surface area (Å²) < 4.78 is 0. The Bertz CT molecular complexity index is 81.8. The van der Waals surface area contributed by atoms with Crippen molar-refractivity contribution in [2.45, 2.75) is 39.7 Å². The fraction of sp³-hybridized carbons (Fsp3) is 1.00. The summed E-state index contributed by atoms with van der Waals surface area (Å²) >= 11 is 0. The second-order valence-corrected chi connectivity index (χ2v) is 3.76. The van der Waals surface area contributed by atoms with Gasteiger partial charge in [-0.3, -0.25) is 0 Å². The zero-order chi connectivity index (χ0) is 9.40. The smallest absolute Gasteiger partial charge is 0.00387 e. The van der Waals surface area contributed by atoms with E-state index in [-0.39, 0.29) is 0 Å². The maximum absolute atomic E-state index is 3.53. The van der Waals surface area contributed by atoms with E-state index in [0.29, 0.717) is 6.04 Å². The van der Waals surface area contributed by atoms with Crippen LogP contribution in [0.2, 0.25) is 0 Å². The maximum atomic E-state index is 3.53. The van der Waals surface area contributed by atoms with E-state index < -0.39 is 0 Å². The van der Waals surface area contributed by atoms with Crippen LogP contribution in [0.4, 0.5) is 0 Å². The zero-order valence-corrected chi connectivity index (χ0v) is 8.98. The van der Waals surface area contributed by atoms with Crippen LogP contribution < -0.4 is 10.6 Å². The molecular formula is C10H24N2. The second-order valence-electron chi connectivity index (χ2n) is 3.76. The van der Waals surface area contributed by atoms with Gasteiger partial charge in [-0.15, -0.1) is 0 Å². The third-order valence-electron chi connectivity index (χ3n) is 2.09. The van der Waals surface area contributed by atoms with Gasteiger partial charge < -0.3 is 10.6 Å². The van der Waals surface area contributed by atoms with Crippen molar-refractivity contribution < 1.29 is 0 Å². The minimum absolute atomic E-state index is 0.675. The highest BCUT2D eigenvalue weighted by molar-refractivity contribution is 4.64. The summed E-state index contributed by atoms with van der Waals surface area (Å²) in [5.41, 5.74) is 0. The second kappa shape index (κ2) is 7.56. The van der Waals surface area contributed by atoms with Crippen LogP contribution in [0.15, 0.2) is 0 Å². The Labute approximate surface area is 77.1 Å². The molecule has 0 aliphatic carbocycles. The van der Waals surface area contributed by atoms with Crippen LogP contribution in [-0.2, 0) is 0 Å². The van der Waals surface area contributed by atoms with Crippen molar-refractivity contribution in [2.75, 3.05) is 20.1 Å². The highest BCUT2D eigenvalue weighted by Crippen LogP contribution is 1.96. The Kier molecular flexibility index (Phi) is 7.51. The van der Waals surface area contributed by atoms with E-state index in [1.807, 2.05) is 7.05 Å². The van der Waals surface area contributed by atoms with Crippen LogP contribution in [0.5, 0.6) is 0 Å². The lowest BCUT2D eigenvalue weighted by Gasteiger charge is -2.16. The van der Waals surface area contributed by atoms with Gasteiger partial charge in [-0.2, -0.15) is 0 Å². The lowest BCUT2D eigenvalue weighted by atomic mass is 10.1. The Morgan fingerprint density at radius 2 is 1.83 bits per heavy atom. The molecule has 2 atom stereocenters. The third-order valence-corrected chi connectivity index (χ3v) is 2.09. The first-order valence-electron chi connectivity index (χ1n) is 5.08. The normalized spacial score (nSPS) is 16.0. The molecule has 2 nitrogen and oxygen atoms in total. The molecule has 0 aliphatic heterocycles. The van der Waals surface area contributed by atoms with E-state index in [0.717, 1.165) is 19.0 Å². The molecule has 0 aromatic heterocycles. The van der Waals surface area contributed by atoms with E-state index in [2.05, 4.69) is 31.4 Å². The van der Waals surface area contributed by atoms with Crippen molar-refractivity contribution in [2.24, 2.45) is 5.92 Å². The lowest BCUT2D eigenvalue weighted by molar-refractivity contribution is 0.434. The van der Waals surface area contributed by atoms with Crippen LogP contribution >= 0.6 is 0 Å². The first-order chi connectivity index (χ1) is 5.70. The van der Waals surface area contributed by atoms with E-state index in [9.17, 15) is 0 Å². The first-order valence-corrected chi connectivity index (χ1v) is 5.08. The molecule has 0 heterocycles. The monoisotopic (exact) mass is 172 g/mol. The van der Waals surface area contributed by atoms with Crippen molar-refractivity contribution in [1.29, 1.82) is 0 Å². The van der Waals surface area contributed by atoms with Gasteiger partial charge in [-0.1, -0.05) is 20.3 Å².